The lowest BCUT2D eigenvalue weighted by Gasteiger charge is -2.32. The fourth-order valence-corrected chi connectivity index (χ4v) is 3.99. The number of fused-ring (bicyclic) bond motifs is 1. The van der Waals surface area contributed by atoms with Crippen LogP contribution in [0.4, 0.5) is 5.69 Å². The summed E-state index contributed by atoms with van der Waals surface area (Å²) in [7, 11) is 0. The lowest BCUT2D eigenvalue weighted by atomic mass is 9.71. The van der Waals surface area contributed by atoms with E-state index in [1.165, 1.54) is 17.7 Å². The van der Waals surface area contributed by atoms with Crippen molar-refractivity contribution in [1.82, 2.24) is 4.98 Å². The Kier molecular flexibility index (Phi) is 4.74. The number of nitrogens with zero attached hydrogens (tertiary/aromatic N) is 1. The molecule has 2 aromatic carbocycles. The van der Waals surface area contributed by atoms with Gasteiger partial charge in [-0.1, -0.05) is 38.1 Å². The zero-order valence-electron chi connectivity index (χ0n) is 16.8. The molecular weight excluding hydrogens is 376 g/mol. The Labute approximate surface area is 174 Å². The molecule has 5 heteroatoms. The molecule has 0 saturated heterocycles. The van der Waals surface area contributed by atoms with Gasteiger partial charge in [0.1, 0.15) is 0 Å². The largest absolute Gasteiger partial charge is 0.478 e. The van der Waals surface area contributed by atoms with E-state index in [-0.39, 0.29) is 28.0 Å². The number of allylic oxidation sites excluding steroid dienone is 1. The van der Waals surface area contributed by atoms with Crippen LogP contribution in [0, 0.1) is 0 Å². The van der Waals surface area contributed by atoms with E-state index in [1.54, 1.807) is 24.5 Å². The number of pyridine rings is 1. The van der Waals surface area contributed by atoms with E-state index in [0.29, 0.717) is 5.56 Å². The average Bonchev–Trinajstić information content (AvgIpc) is 2.73. The quantitative estimate of drug-likeness (QED) is 0.490. The van der Waals surface area contributed by atoms with Gasteiger partial charge >= 0.3 is 5.97 Å². The third kappa shape index (κ3) is 3.28. The van der Waals surface area contributed by atoms with Gasteiger partial charge in [0.25, 0.3) is 0 Å². The van der Waals surface area contributed by atoms with Gasteiger partial charge in [-0.05, 0) is 64.4 Å². The van der Waals surface area contributed by atoms with E-state index < -0.39 is 5.97 Å². The van der Waals surface area contributed by atoms with Crippen molar-refractivity contribution in [2.24, 2.45) is 0 Å². The smallest absolute Gasteiger partial charge is 0.337 e. The Hall–Kier alpha value is -3.73. The lowest BCUT2D eigenvalue weighted by Crippen LogP contribution is -2.22. The number of aromatic carboxylic acids is 1. The third-order valence-electron chi connectivity index (χ3n) is 5.69. The van der Waals surface area contributed by atoms with Gasteiger partial charge in [0.2, 0.25) is 0 Å². The Morgan fingerprint density at radius 1 is 1.03 bits per heavy atom. The molecule has 3 N–H and O–H groups in total. The molecule has 0 amide bonds. The molecule has 0 bridgehead atoms. The first-order valence-corrected chi connectivity index (χ1v) is 9.71. The van der Waals surface area contributed by atoms with Crippen LogP contribution in [-0.4, -0.2) is 21.8 Å². The zero-order valence-corrected chi connectivity index (χ0v) is 16.8. The molecule has 150 valence electrons. The predicted octanol–water partition coefficient (Wildman–Crippen LogP) is 4.71. The van der Waals surface area contributed by atoms with E-state index in [2.05, 4.69) is 24.9 Å². The van der Waals surface area contributed by atoms with Crippen molar-refractivity contribution >= 4 is 23.0 Å². The van der Waals surface area contributed by atoms with E-state index in [4.69, 9.17) is 5.73 Å². The van der Waals surface area contributed by atoms with Crippen molar-refractivity contribution in [3.63, 3.8) is 0 Å². The summed E-state index contributed by atoms with van der Waals surface area (Å²) >= 11 is 0. The second-order valence-corrected chi connectivity index (χ2v) is 8.10. The number of carbonyl (C=O) groups excluding carboxylic acids is 1. The molecule has 0 spiro atoms. The van der Waals surface area contributed by atoms with Crippen LogP contribution in [-0.2, 0) is 5.41 Å². The van der Waals surface area contributed by atoms with Crippen LogP contribution in [0.2, 0.25) is 0 Å². The highest BCUT2D eigenvalue weighted by atomic mass is 16.4. The Balaban J connectivity index is 1.84. The number of nitrogens with two attached hydrogens (primary N) is 1. The molecule has 0 unspecified atom stereocenters. The third-order valence-corrected chi connectivity index (χ3v) is 5.69. The molecule has 1 heterocycles. The van der Waals surface area contributed by atoms with Crippen LogP contribution < -0.4 is 5.73 Å². The number of rotatable bonds is 4. The zero-order chi connectivity index (χ0) is 21.5. The molecule has 0 atom stereocenters. The summed E-state index contributed by atoms with van der Waals surface area (Å²) in [6.07, 6.45) is 6.59. The maximum Gasteiger partial charge on any atom is 0.337 e. The van der Waals surface area contributed by atoms with Gasteiger partial charge in [-0.2, -0.15) is 0 Å². The Morgan fingerprint density at radius 3 is 2.43 bits per heavy atom. The number of ketones is 1. The summed E-state index contributed by atoms with van der Waals surface area (Å²) in [6.45, 7) is 4.36. The van der Waals surface area contributed by atoms with Crippen LogP contribution in [0.15, 0.2) is 67.0 Å². The van der Waals surface area contributed by atoms with Gasteiger partial charge in [-0.25, -0.2) is 4.79 Å². The molecule has 4 rings (SSSR count). The summed E-state index contributed by atoms with van der Waals surface area (Å²) < 4.78 is 0. The fraction of sp³-hybridized carbons (Fsp3) is 0.160. The average molecular weight is 398 g/mol. The van der Waals surface area contributed by atoms with Crippen molar-refractivity contribution in [3.8, 4) is 0 Å². The van der Waals surface area contributed by atoms with Crippen molar-refractivity contribution in [1.29, 1.82) is 0 Å². The number of carboxylic acids is 1. The molecular formula is C25H22N2O3. The number of anilines is 1. The highest BCUT2D eigenvalue weighted by Gasteiger charge is 2.29. The van der Waals surface area contributed by atoms with Crippen LogP contribution in [0.25, 0.3) is 5.57 Å². The van der Waals surface area contributed by atoms with Gasteiger partial charge in [0.05, 0.1) is 11.3 Å². The molecule has 1 aliphatic rings. The van der Waals surface area contributed by atoms with E-state index in [0.717, 1.165) is 23.1 Å². The van der Waals surface area contributed by atoms with Crippen molar-refractivity contribution in [3.05, 3.63) is 100 Å². The minimum absolute atomic E-state index is 0.0158. The maximum absolute atomic E-state index is 13.2. The lowest BCUT2D eigenvalue weighted by molar-refractivity contribution is 0.0698. The number of hydrogen-bond acceptors (Lipinski definition) is 4. The molecule has 0 aliphatic heterocycles. The molecule has 3 aromatic rings. The summed E-state index contributed by atoms with van der Waals surface area (Å²) in [5, 5.41) is 9.32. The van der Waals surface area contributed by atoms with Crippen molar-refractivity contribution in [2.45, 2.75) is 25.7 Å². The number of aromatic nitrogens is 1. The normalized spacial score (nSPS) is 14.5. The van der Waals surface area contributed by atoms with Gasteiger partial charge < -0.3 is 10.8 Å². The summed E-state index contributed by atoms with van der Waals surface area (Å²) in [5.74, 6) is -1.45. The maximum atomic E-state index is 13.2. The molecule has 0 fully saturated rings. The van der Waals surface area contributed by atoms with Crippen LogP contribution >= 0.6 is 0 Å². The van der Waals surface area contributed by atoms with Crippen molar-refractivity contribution < 1.29 is 14.7 Å². The minimum atomic E-state index is -1.16. The number of carboxylic acid groups (broad SMARTS) is 1. The number of carbonyl (C=O) groups is 2. The van der Waals surface area contributed by atoms with E-state index >= 15 is 0 Å². The van der Waals surface area contributed by atoms with Crippen LogP contribution in [0.3, 0.4) is 0 Å². The second kappa shape index (κ2) is 7.26. The molecule has 0 saturated carbocycles. The monoisotopic (exact) mass is 398 g/mol. The SMILES string of the molecule is CC1(C)CC=C(c2ccncc2)c2cc(C(=O)c3cccc(C(=O)O)c3N)ccc21. The Bertz CT molecular complexity index is 1190. The number of para-hydroxylation sites is 1. The summed E-state index contributed by atoms with van der Waals surface area (Å²) in [6, 6.07) is 14.1. The van der Waals surface area contributed by atoms with Gasteiger partial charge in [-0.3, -0.25) is 9.78 Å². The topological polar surface area (TPSA) is 93.3 Å². The number of hydrogen-bond donors (Lipinski definition) is 2. The first-order valence-electron chi connectivity index (χ1n) is 9.71. The highest BCUT2D eigenvalue weighted by molar-refractivity contribution is 6.14. The van der Waals surface area contributed by atoms with Gasteiger partial charge in [-0.15, -0.1) is 0 Å². The van der Waals surface area contributed by atoms with Crippen LogP contribution in [0.5, 0.6) is 0 Å². The number of nitrogen functional groups attached to an aromatic ring is 1. The predicted molar refractivity (Wildman–Crippen MR) is 117 cm³/mol. The van der Waals surface area contributed by atoms with E-state index in [9.17, 15) is 14.7 Å². The van der Waals surface area contributed by atoms with Gasteiger partial charge in [0, 0.05) is 23.5 Å². The molecule has 1 aromatic heterocycles. The van der Waals surface area contributed by atoms with Gasteiger partial charge in [0.15, 0.2) is 5.78 Å². The number of benzene rings is 2. The molecule has 1 aliphatic carbocycles. The fourth-order valence-electron chi connectivity index (χ4n) is 3.99. The Morgan fingerprint density at radius 2 is 1.73 bits per heavy atom. The summed E-state index contributed by atoms with van der Waals surface area (Å²) in [4.78, 5) is 28.7. The highest BCUT2D eigenvalue weighted by Crippen LogP contribution is 2.41. The summed E-state index contributed by atoms with van der Waals surface area (Å²) in [5.41, 5.74) is 10.8. The van der Waals surface area contributed by atoms with Crippen LogP contribution in [0.1, 0.15) is 63.2 Å². The molecule has 30 heavy (non-hydrogen) atoms. The van der Waals surface area contributed by atoms with E-state index in [1.807, 2.05) is 24.3 Å². The van der Waals surface area contributed by atoms with Crippen molar-refractivity contribution in [2.75, 3.05) is 5.73 Å². The molecule has 5 nitrogen and oxygen atoms in total. The minimum Gasteiger partial charge on any atom is -0.478 e. The first kappa shape index (κ1) is 19.6. The first-order chi connectivity index (χ1) is 14.3. The molecule has 0 radical (unpaired) electrons. The second-order valence-electron chi connectivity index (χ2n) is 8.10. The standard InChI is InChI=1S/C25H22N2O3/c1-25(2)11-8-17(15-9-12-27-13-10-15)20-14-16(6-7-21(20)25)23(28)18-4-3-5-19(22(18)26)24(29)30/h3-10,12-14H,11,26H2,1-2H3,(H,29,30).